The van der Waals surface area contributed by atoms with Gasteiger partial charge in [-0.15, -0.1) is 0 Å². The van der Waals surface area contributed by atoms with Gasteiger partial charge in [-0.25, -0.2) is 4.21 Å². The van der Waals surface area contributed by atoms with E-state index < -0.39 is 11.3 Å². The Balaban J connectivity index is 4.32. The molecule has 0 aliphatic carbocycles. The van der Waals surface area contributed by atoms with Gasteiger partial charge in [-0.3, -0.25) is 4.72 Å². The molecule has 0 saturated heterocycles. The van der Waals surface area contributed by atoms with E-state index in [2.05, 4.69) is 9.01 Å². The van der Waals surface area contributed by atoms with Gasteiger partial charge in [-0.05, 0) is 6.92 Å². The largest absolute Gasteiger partial charge is 0.285 e. The van der Waals surface area contributed by atoms with Crippen LogP contribution in [0.4, 0.5) is 0 Å². The van der Waals surface area contributed by atoms with E-state index in [1.54, 1.807) is 0 Å². The molecule has 0 radical (unpaired) electrons. The maximum absolute atomic E-state index is 10.8. The summed E-state index contributed by atoms with van der Waals surface area (Å²) in [6.07, 6.45) is 1.84. The third kappa shape index (κ3) is 3.85. The van der Waals surface area contributed by atoms with E-state index in [-0.39, 0.29) is 5.41 Å². The van der Waals surface area contributed by atoms with Crippen molar-refractivity contribution in [2.45, 2.75) is 27.7 Å². The van der Waals surface area contributed by atoms with Crippen LogP contribution in [0, 0.1) is 5.41 Å². The fraction of sp³-hybridized carbons (Fsp3) is 0.714. The molecule has 72 valence electrons. The van der Waals surface area contributed by atoms with Gasteiger partial charge in [0.25, 0.3) is 11.3 Å². The lowest BCUT2D eigenvalue weighted by molar-refractivity contribution is 0.358. The van der Waals surface area contributed by atoms with Crippen LogP contribution < -0.4 is 10.6 Å². The number of rotatable bonds is 3. The summed E-state index contributed by atoms with van der Waals surface area (Å²) < 4.78 is 17.6. The van der Waals surface area contributed by atoms with Crippen molar-refractivity contribution in [2.24, 2.45) is 11.3 Å². The number of nitrogens with two attached hydrogens (primary N) is 1. The van der Waals surface area contributed by atoms with Crippen LogP contribution in [0.1, 0.15) is 27.7 Å². The van der Waals surface area contributed by atoms with Gasteiger partial charge in [0.05, 0.1) is 0 Å². The van der Waals surface area contributed by atoms with E-state index in [0.717, 1.165) is 5.70 Å². The lowest BCUT2D eigenvalue weighted by Gasteiger charge is -2.22. The second-order valence-electron chi connectivity index (χ2n) is 3.39. The zero-order chi connectivity index (χ0) is 9.78. The quantitative estimate of drug-likeness (QED) is 0.655. The number of nitrogens with one attached hydrogen (secondary N) is 1. The molecular weight excluding hydrogens is 176 g/mol. The molecule has 0 aromatic carbocycles. The molecule has 5 heteroatoms. The molecule has 0 aliphatic heterocycles. The lowest BCUT2D eigenvalue weighted by atomic mass is 9.92. The summed E-state index contributed by atoms with van der Waals surface area (Å²) in [7, 11) is 0. The Kier molecular flexibility index (Phi) is 4.44. The van der Waals surface area contributed by atoms with Gasteiger partial charge < -0.3 is 0 Å². The van der Waals surface area contributed by atoms with E-state index in [9.17, 15) is 4.21 Å². The minimum atomic E-state index is -1.64. The Bertz CT molecular complexity index is 196. The lowest BCUT2D eigenvalue weighted by Crippen LogP contribution is -2.28. The molecule has 1 atom stereocenters. The highest BCUT2D eigenvalue weighted by Crippen LogP contribution is 2.22. The van der Waals surface area contributed by atoms with Gasteiger partial charge in [-0.2, -0.15) is 10.2 Å². The van der Waals surface area contributed by atoms with Gasteiger partial charge >= 0.3 is 0 Å². The molecule has 0 heterocycles. The van der Waals surface area contributed by atoms with Crippen molar-refractivity contribution in [3.8, 4) is 0 Å². The van der Waals surface area contributed by atoms with Crippen LogP contribution in [0.3, 0.4) is 0 Å². The summed E-state index contributed by atoms with van der Waals surface area (Å²) in [6.45, 7) is 7.87. The SMILES string of the molecule is C/C=C(\NS(=O)ON)C(C)(C)C. The molecule has 0 fully saturated rings. The normalized spacial score (nSPS) is 15.9. The van der Waals surface area contributed by atoms with E-state index in [4.69, 9.17) is 5.90 Å². The fourth-order valence-electron chi connectivity index (χ4n) is 0.759. The molecule has 0 rings (SSSR count). The van der Waals surface area contributed by atoms with Gasteiger partial charge in [-0.1, -0.05) is 26.8 Å². The van der Waals surface area contributed by atoms with Crippen LogP contribution >= 0.6 is 0 Å². The molecule has 0 aromatic rings. The van der Waals surface area contributed by atoms with Crippen LogP contribution in [-0.2, 0) is 15.6 Å². The second kappa shape index (κ2) is 4.59. The topological polar surface area (TPSA) is 64.3 Å². The van der Waals surface area contributed by atoms with E-state index >= 15 is 0 Å². The summed E-state index contributed by atoms with van der Waals surface area (Å²) in [6, 6.07) is 0. The van der Waals surface area contributed by atoms with E-state index in [0.29, 0.717) is 0 Å². The number of hydrogen-bond donors (Lipinski definition) is 2. The Morgan fingerprint density at radius 2 is 2.08 bits per heavy atom. The third-order valence-electron chi connectivity index (χ3n) is 1.38. The van der Waals surface area contributed by atoms with Crippen molar-refractivity contribution in [1.29, 1.82) is 0 Å². The van der Waals surface area contributed by atoms with E-state index in [1.807, 2.05) is 33.8 Å². The van der Waals surface area contributed by atoms with Crippen molar-refractivity contribution >= 4 is 11.3 Å². The van der Waals surface area contributed by atoms with Crippen molar-refractivity contribution in [3.63, 3.8) is 0 Å². The van der Waals surface area contributed by atoms with Gasteiger partial charge in [0.1, 0.15) is 0 Å². The van der Waals surface area contributed by atoms with Crippen molar-refractivity contribution in [3.05, 3.63) is 11.8 Å². The average molecular weight is 192 g/mol. The summed E-state index contributed by atoms with van der Waals surface area (Å²) >= 11 is -1.64. The minimum absolute atomic E-state index is 0.0804. The highest BCUT2D eigenvalue weighted by atomic mass is 32.2. The monoisotopic (exact) mass is 192 g/mol. The summed E-state index contributed by atoms with van der Waals surface area (Å²) in [5.74, 6) is 4.73. The maximum Gasteiger partial charge on any atom is 0.278 e. The number of hydrogen-bond acceptors (Lipinski definition) is 3. The first-order valence-electron chi connectivity index (χ1n) is 3.64. The molecular formula is C7H16N2O2S. The molecule has 3 N–H and O–H groups in total. The summed E-state index contributed by atoms with van der Waals surface area (Å²) in [5, 5.41) is 0. The summed E-state index contributed by atoms with van der Waals surface area (Å²) in [4.78, 5) is 0. The molecule has 12 heavy (non-hydrogen) atoms. The third-order valence-corrected chi connectivity index (χ3v) is 1.94. The number of allylic oxidation sites excluding steroid dienone is 2. The maximum atomic E-state index is 10.8. The van der Waals surface area contributed by atoms with Crippen LogP contribution in [-0.4, -0.2) is 4.21 Å². The Morgan fingerprint density at radius 3 is 2.33 bits per heavy atom. The molecule has 4 nitrogen and oxygen atoms in total. The first-order chi connectivity index (χ1) is 5.41. The first kappa shape index (κ1) is 11.6. The molecule has 0 aliphatic rings. The van der Waals surface area contributed by atoms with Crippen molar-refractivity contribution < 1.29 is 8.49 Å². The van der Waals surface area contributed by atoms with Gasteiger partial charge in [0, 0.05) is 11.1 Å². The molecule has 0 bridgehead atoms. The predicted molar refractivity (Wildman–Crippen MR) is 49.8 cm³/mol. The van der Waals surface area contributed by atoms with E-state index in [1.165, 1.54) is 0 Å². The highest BCUT2D eigenvalue weighted by Gasteiger charge is 2.17. The Morgan fingerprint density at radius 1 is 1.58 bits per heavy atom. The standard InChI is InChI=1S/C7H16N2O2S/c1-5-6(7(2,3)4)9-12(10)11-8/h5,9H,8H2,1-4H3/b6-5-. The molecule has 1 unspecified atom stereocenters. The zero-order valence-corrected chi connectivity index (χ0v) is 8.70. The van der Waals surface area contributed by atoms with Crippen LogP contribution in [0.15, 0.2) is 11.8 Å². The molecule has 0 saturated carbocycles. The Labute approximate surface area is 75.9 Å². The minimum Gasteiger partial charge on any atom is -0.285 e. The van der Waals surface area contributed by atoms with Crippen LogP contribution in [0.2, 0.25) is 0 Å². The van der Waals surface area contributed by atoms with Crippen LogP contribution in [0.25, 0.3) is 0 Å². The van der Waals surface area contributed by atoms with Crippen molar-refractivity contribution in [1.82, 2.24) is 4.72 Å². The predicted octanol–water partition coefficient (Wildman–Crippen LogP) is 0.995. The molecule has 0 spiro atoms. The average Bonchev–Trinajstić information content (AvgIpc) is 1.97. The zero-order valence-electron chi connectivity index (χ0n) is 7.88. The Hall–Kier alpha value is -0.390. The second-order valence-corrected chi connectivity index (χ2v) is 4.25. The van der Waals surface area contributed by atoms with Gasteiger partial charge in [0.2, 0.25) is 0 Å². The van der Waals surface area contributed by atoms with Gasteiger partial charge in [0.15, 0.2) is 0 Å². The smallest absolute Gasteiger partial charge is 0.278 e. The highest BCUT2D eigenvalue weighted by molar-refractivity contribution is 7.78. The molecule has 0 amide bonds. The molecule has 0 aromatic heterocycles. The summed E-state index contributed by atoms with van der Waals surface area (Å²) in [5.41, 5.74) is 0.759. The van der Waals surface area contributed by atoms with Crippen molar-refractivity contribution in [2.75, 3.05) is 0 Å². The van der Waals surface area contributed by atoms with Crippen LogP contribution in [0.5, 0.6) is 0 Å². The first-order valence-corrected chi connectivity index (χ1v) is 4.71. The fourth-order valence-corrected chi connectivity index (χ4v) is 1.41.